The van der Waals surface area contributed by atoms with Crippen molar-refractivity contribution in [3.05, 3.63) is 46.2 Å². The molecule has 124 valence electrons. The van der Waals surface area contributed by atoms with Crippen molar-refractivity contribution in [2.24, 2.45) is 0 Å². The van der Waals surface area contributed by atoms with E-state index in [9.17, 15) is 9.18 Å². The van der Waals surface area contributed by atoms with Gasteiger partial charge in [0, 0.05) is 18.1 Å². The zero-order valence-corrected chi connectivity index (χ0v) is 15.3. The zero-order chi connectivity index (χ0) is 17.1. The average molecular weight is 380 g/mol. The lowest BCUT2D eigenvalue weighted by Gasteiger charge is -2.18. The number of para-hydroxylation sites is 1. The van der Waals surface area contributed by atoms with E-state index in [2.05, 4.69) is 15.2 Å². The van der Waals surface area contributed by atoms with Gasteiger partial charge in [-0.3, -0.25) is 9.69 Å². The van der Waals surface area contributed by atoms with Crippen LogP contribution in [0.1, 0.15) is 17.6 Å². The molecule has 0 atom stereocenters. The summed E-state index contributed by atoms with van der Waals surface area (Å²) in [5.74, 6) is -0.120. The maximum absolute atomic E-state index is 14.0. The molecule has 9 heteroatoms. The Morgan fingerprint density at radius 2 is 2.12 bits per heavy atom. The van der Waals surface area contributed by atoms with E-state index in [0.29, 0.717) is 10.9 Å². The Hall–Kier alpha value is -1.84. The third-order valence-electron chi connectivity index (χ3n) is 2.99. The van der Waals surface area contributed by atoms with Crippen LogP contribution in [0.3, 0.4) is 0 Å². The topological polar surface area (TPSA) is 59.0 Å². The minimum Gasteiger partial charge on any atom is -0.274 e. The summed E-state index contributed by atoms with van der Waals surface area (Å²) in [6.45, 7) is 3.30. The minimum atomic E-state index is -0.455. The molecule has 0 unspecified atom stereocenters. The summed E-state index contributed by atoms with van der Waals surface area (Å²) >= 11 is 4.38. The number of thiazole rings is 1. The Morgan fingerprint density at radius 3 is 2.79 bits per heavy atom. The van der Waals surface area contributed by atoms with Gasteiger partial charge < -0.3 is 0 Å². The van der Waals surface area contributed by atoms with E-state index in [-0.39, 0.29) is 11.6 Å². The first-order valence-corrected chi connectivity index (χ1v) is 9.65. The molecule has 0 aliphatic rings. The normalized spacial score (nSPS) is 10.8. The smallest absolute Gasteiger partial charge is 0.230 e. The van der Waals surface area contributed by atoms with E-state index in [1.165, 1.54) is 52.3 Å². The van der Waals surface area contributed by atoms with Crippen molar-refractivity contribution in [1.82, 2.24) is 15.2 Å². The number of carbonyl (C=O) groups is 1. The molecule has 3 aromatic rings. The van der Waals surface area contributed by atoms with Gasteiger partial charge >= 0.3 is 0 Å². The van der Waals surface area contributed by atoms with Crippen LogP contribution < -0.4 is 4.90 Å². The molecule has 24 heavy (non-hydrogen) atoms. The molecule has 0 aliphatic carbocycles. The van der Waals surface area contributed by atoms with E-state index >= 15 is 0 Å². The quantitative estimate of drug-likeness (QED) is 0.613. The number of nitrogens with zero attached hydrogens (tertiary/aromatic N) is 4. The van der Waals surface area contributed by atoms with Crippen LogP contribution in [0.5, 0.6) is 0 Å². The fourth-order valence-electron chi connectivity index (χ4n) is 1.98. The molecular formula is C15H13FN4OS3. The first kappa shape index (κ1) is 17.0. The van der Waals surface area contributed by atoms with Crippen LogP contribution >= 0.6 is 34.4 Å². The molecule has 0 bridgehead atoms. The molecule has 0 fully saturated rings. The second kappa shape index (κ2) is 7.37. The van der Waals surface area contributed by atoms with Crippen LogP contribution in [-0.2, 0) is 10.5 Å². The number of anilines is 2. The largest absolute Gasteiger partial charge is 0.274 e. The highest BCUT2D eigenvalue weighted by atomic mass is 32.2. The summed E-state index contributed by atoms with van der Waals surface area (Å²) in [6, 6.07) is 6.17. The molecule has 5 nitrogen and oxygen atoms in total. The summed E-state index contributed by atoms with van der Waals surface area (Å²) in [5.41, 5.74) is 1.02. The number of carbonyl (C=O) groups excluding carboxylic acids is 1. The van der Waals surface area contributed by atoms with Gasteiger partial charge in [0.25, 0.3) is 0 Å². The third kappa shape index (κ3) is 3.80. The highest BCUT2D eigenvalue weighted by Crippen LogP contribution is 2.32. The van der Waals surface area contributed by atoms with Crippen LogP contribution in [0.15, 0.2) is 34.0 Å². The van der Waals surface area contributed by atoms with Gasteiger partial charge in [-0.2, -0.15) is 0 Å². The molecule has 0 radical (unpaired) electrons. The van der Waals surface area contributed by atoms with Crippen molar-refractivity contribution < 1.29 is 9.18 Å². The van der Waals surface area contributed by atoms with E-state index < -0.39 is 5.82 Å². The van der Waals surface area contributed by atoms with Crippen LogP contribution in [0.25, 0.3) is 0 Å². The highest BCUT2D eigenvalue weighted by molar-refractivity contribution is 8.00. The SMILES string of the molecule is CC(=O)N(c1nc(CSc2nnc(C)s2)cs1)c1ccccc1F. The van der Waals surface area contributed by atoms with Crippen LogP contribution in [0.2, 0.25) is 0 Å². The molecule has 3 rings (SSSR count). The van der Waals surface area contributed by atoms with Crippen molar-refractivity contribution in [3.8, 4) is 0 Å². The van der Waals surface area contributed by atoms with Crippen molar-refractivity contribution in [2.45, 2.75) is 23.9 Å². The summed E-state index contributed by atoms with van der Waals surface area (Å²) < 4.78 is 14.9. The first-order chi connectivity index (χ1) is 11.5. The van der Waals surface area contributed by atoms with Gasteiger partial charge in [0.05, 0.1) is 11.4 Å². The third-order valence-corrected chi connectivity index (χ3v) is 5.87. The van der Waals surface area contributed by atoms with Crippen LogP contribution in [0.4, 0.5) is 15.2 Å². The molecule has 1 aromatic carbocycles. The molecule has 0 N–H and O–H groups in total. The van der Waals surface area contributed by atoms with E-state index in [4.69, 9.17) is 0 Å². The Bertz CT molecular complexity index is 864. The van der Waals surface area contributed by atoms with Crippen molar-refractivity contribution in [2.75, 3.05) is 4.90 Å². The number of benzene rings is 1. The van der Waals surface area contributed by atoms with E-state index in [0.717, 1.165) is 15.0 Å². The monoisotopic (exact) mass is 380 g/mol. The second-order valence-electron chi connectivity index (χ2n) is 4.80. The second-order valence-corrected chi connectivity index (χ2v) is 8.04. The zero-order valence-electron chi connectivity index (χ0n) is 12.9. The lowest BCUT2D eigenvalue weighted by molar-refractivity contribution is -0.115. The summed E-state index contributed by atoms with van der Waals surface area (Å²) in [6.07, 6.45) is 0. The van der Waals surface area contributed by atoms with Gasteiger partial charge in [0.1, 0.15) is 10.8 Å². The van der Waals surface area contributed by atoms with Crippen molar-refractivity contribution >= 4 is 51.2 Å². The predicted molar refractivity (Wildman–Crippen MR) is 95.5 cm³/mol. The molecule has 0 aliphatic heterocycles. The molecule has 0 saturated carbocycles. The number of hydrogen-bond donors (Lipinski definition) is 0. The van der Waals surface area contributed by atoms with Crippen molar-refractivity contribution in [1.29, 1.82) is 0 Å². The number of aromatic nitrogens is 3. The first-order valence-electron chi connectivity index (χ1n) is 6.97. The van der Waals surface area contributed by atoms with Gasteiger partial charge in [-0.05, 0) is 19.1 Å². The lowest BCUT2D eigenvalue weighted by Crippen LogP contribution is -2.23. The molecule has 2 aromatic heterocycles. The average Bonchev–Trinajstić information content (AvgIpc) is 3.16. The number of rotatable bonds is 5. The van der Waals surface area contributed by atoms with Gasteiger partial charge in [-0.1, -0.05) is 35.2 Å². The maximum Gasteiger partial charge on any atom is 0.230 e. The van der Waals surface area contributed by atoms with Gasteiger partial charge in [-0.25, -0.2) is 9.37 Å². The van der Waals surface area contributed by atoms with Gasteiger partial charge in [0.15, 0.2) is 9.47 Å². The van der Waals surface area contributed by atoms with E-state index in [1.807, 2.05) is 12.3 Å². The minimum absolute atomic E-state index is 0.207. The Morgan fingerprint density at radius 1 is 1.33 bits per heavy atom. The lowest BCUT2D eigenvalue weighted by atomic mass is 10.3. The number of hydrogen-bond acceptors (Lipinski definition) is 7. The molecule has 2 heterocycles. The molecular weight excluding hydrogens is 367 g/mol. The highest BCUT2D eigenvalue weighted by Gasteiger charge is 2.20. The standard InChI is InChI=1S/C15H13FN4OS3/c1-9-18-19-15(24-9)23-8-11-7-22-14(17-11)20(10(2)21)13-6-4-3-5-12(13)16/h3-7H,8H2,1-2H3. The molecule has 1 amide bonds. The summed E-state index contributed by atoms with van der Waals surface area (Å²) in [4.78, 5) is 17.8. The molecule has 0 spiro atoms. The van der Waals surface area contributed by atoms with Crippen molar-refractivity contribution in [3.63, 3.8) is 0 Å². The Kier molecular flexibility index (Phi) is 5.22. The summed E-state index contributed by atoms with van der Waals surface area (Å²) in [5, 5.41) is 11.3. The number of halogens is 1. The van der Waals surface area contributed by atoms with E-state index in [1.54, 1.807) is 18.2 Å². The Labute approximate surface area is 150 Å². The number of amides is 1. The number of thioether (sulfide) groups is 1. The predicted octanol–water partition coefficient (Wildman–Crippen LogP) is 4.42. The molecule has 0 saturated heterocycles. The van der Waals surface area contributed by atoms with Gasteiger partial charge in [0.2, 0.25) is 5.91 Å². The maximum atomic E-state index is 14.0. The van der Waals surface area contributed by atoms with Crippen LogP contribution in [0, 0.1) is 12.7 Å². The summed E-state index contributed by atoms with van der Waals surface area (Å²) in [7, 11) is 0. The fraction of sp³-hybridized carbons (Fsp3) is 0.200. The number of aryl methyl sites for hydroxylation is 1. The van der Waals surface area contributed by atoms with Gasteiger partial charge in [-0.15, -0.1) is 21.5 Å². The van der Waals surface area contributed by atoms with Crippen LogP contribution in [-0.4, -0.2) is 21.1 Å². The fourth-order valence-corrected chi connectivity index (χ4v) is 4.67. The Balaban J connectivity index is 1.79.